The van der Waals surface area contributed by atoms with Crippen LogP contribution in [-0.4, -0.2) is 30.0 Å². The van der Waals surface area contributed by atoms with Crippen molar-refractivity contribution in [2.24, 2.45) is 0 Å². The molecule has 0 spiro atoms. The normalized spacial score (nSPS) is 14.4. The van der Waals surface area contributed by atoms with Crippen LogP contribution in [0.4, 0.5) is 4.39 Å². The van der Waals surface area contributed by atoms with E-state index in [0.717, 1.165) is 12.8 Å². The van der Waals surface area contributed by atoms with E-state index in [0.29, 0.717) is 22.4 Å². The Labute approximate surface area is 110 Å². The van der Waals surface area contributed by atoms with Crippen LogP contribution < -0.4 is 10.8 Å². The van der Waals surface area contributed by atoms with Crippen molar-refractivity contribution in [2.75, 3.05) is 0 Å². The molecule has 0 saturated heterocycles. The lowest BCUT2D eigenvalue weighted by molar-refractivity contribution is 0.0946. The van der Waals surface area contributed by atoms with E-state index in [1.807, 2.05) is 0 Å². The van der Waals surface area contributed by atoms with Crippen LogP contribution in [0.2, 0.25) is 0 Å². The Morgan fingerprint density at radius 1 is 1.42 bits per heavy atom. The van der Waals surface area contributed by atoms with E-state index in [9.17, 15) is 9.18 Å². The van der Waals surface area contributed by atoms with Gasteiger partial charge in [0.25, 0.3) is 5.91 Å². The summed E-state index contributed by atoms with van der Waals surface area (Å²) >= 11 is 0. The molecule has 0 aliphatic heterocycles. The lowest BCUT2D eigenvalue weighted by atomic mass is 9.89. The van der Waals surface area contributed by atoms with Crippen molar-refractivity contribution in [3.05, 3.63) is 35.8 Å². The van der Waals surface area contributed by atoms with E-state index in [1.165, 1.54) is 12.1 Å². The molecule has 2 aromatic rings. The van der Waals surface area contributed by atoms with Crippen molar-refractivity contribution >= 4 is 19.2 Å². The fourth-order valence-corrected chi connectivity index (χ4v) is 1.83. The number of amides is 1. The summed E-state index contributed by atoms with van der Waals surface area (Å²) in [7, 11) is 5.74. The second-order valence-corrected chi connectivity index (χ2v) is 4.65. The third-order valence-electron chi connectivity index (χ3n) is 3.02. The standard InChI is InChI=1S/C13H11BFN3O/c14-10-5-7(15)1-4-9(10)11-6-12(18-17-11)13(19)16-8-2-3-8/h1,4-6,8H,2-3H2,(H,16,19)(H,17,18). The molecular formula is C13H11BFN3O. The summed E-state index contributed by atoms with van der Waals surface area (Å²) in [5.41, 5.74) is 1.80. The molecule has 1 aliphatic rings. The molecule has 19 heavy (non-hydrogen) atoms. The topological polar surface area (TPSA) is 57.8 Å². The van der Waals surface area contributed by atoms with Gasteiger partial charge in [-0.15, -0.1) is 0 Å². The highest BCUT2D eigenvalue weighted by Gasteiger charge is 2.24. The zero-order valence-corrected chi connectivity index (χ0v) is 10.1. The zero-order valence-electron chi connectivity index (χ0n) is 10.1. The fourth-order valence-electron chi connectivity index (χ4n) is 1.83. The van der Waals surface area contributed by atoms with Gasteiger partial charge in [0, 0.05) is 6.04 Å². The molecule has 0 atom stereocenters. The summed E-state index contributed by atoms with van der Waals surface area (Å²) in [5.74, 6) is -0.578. The first-order valence-corrected chi connectivity index (χ1v) is 6.05. The molecule has 2 N–H and O–H groups in total. The highest BCUT2D eigenvalue weighted by molar-refractivity contribution is 6.35. The van der Waals surface area contributed by atoms with Crippen molar-refractivity contribution in [1.29, 1.82) is 0 Å². The Balaban J connectivity index is 1.85. The molecule has 1 aliphatic carbocycles. The number of halogens is 1. The van der Waals surface area contributed by atoms with Gasteiger partial charge in [0.15, 0.2) is 0 Å². The Morgan fingerprint density at radius 2 is 2.21 bits per heavy atom. The quantitative estimate of drug-likeness (QED) is 0.800. The summed E-state index contributed by atoms with van der Waals surface area (Å²) in [6.07, 6.45) is 2.05. The lowest BCUT2D eigenvalue weighted by Crippen LogP contribution is -2.25. The predicted molar refractivity (Wildman–Crippen MR) is 69.9 cm³/mol. The predicted octanol–water partition coefficient (Wildman–Crippen LogP) is 0.902. The molecule has 1 aromatic carbocycles. The summed E-state index contributed by atoms with van der Waals surface area (Å²) in [6.45, 7) is 0. The average molecular weight is 255 g/mol. The van der Waals surface area contributed by atoms with Gasteiger partial charge in [0.05, 0.1) is 5.69 Å². The molecular weight excluding hydrogens is 244 g/mol. The highest BCUT2D eigenvalue weighted by atomic mass is 19.1. The average Bonchev–Trinajstić information content (AvgIpc) is 3.04. The Bertz CT molecular complexity index is 637. The van der Waals surface area contributed by atoms with Crippen molar-refractivity contribution < 1.29 is 9.18 Å². The number of aromatic nitrogens is 2. The number of benzene rings is 1. The second-order valence-electron chi connectivity index (χ2n) is 4.65. The molecule has 0 unspecified atom stereocenters. The number of hydrogen-bond donors (Lipinski definition) is 2. The molecule has 0 bridgehead atoms. The Hall–Kier alpha value is -2.11. The number of aromatic amines is 1. The number of H-pyrrole nitrogens is 1. The van der Waals surface area contributed by atoms with Gasteiger partial charge in [-0.3, -0.25) is 9.89 Å². The Morgan fingerprint density at radius 3 is 2.89 bits per heavy atom. The van der Waals surface area contributed by atoms with Crippen LogP contribution in [0.5, 0.6) is 0 Å². The van der Waals surface area contributed by atoms with Gasteiger partial charge in [-0.25, -0.2) is 4.39 Å². The second kappa shape index (κ2) is 4.53. The number of carbonyl (C=O) groups is 1. The first-order valence-electron chi connectivity index (χ1n) is 6.05. The van der Waals surface area contributed by atoms with Crippen LogP contribution >= 0.6 is 0 Å². The van der Waals surface area contributed by atoms with E-state index in [1.54, 1.807) is 12.1 Å². The van der Waals surface area contributed by atoms with E-state index in [4.69, 9.17) is 7.85 Å². The molecule has 1 aromatic heterocycles. The summed E-state index contributed by atoms with van der Waals surface area (Å²) in [6, 6.07) is 5.98. The smallest absolute Gasteiger partial charge is 0.269 e. The van der Waals surface area contributed by atoms with Gasteiger partial charge < -0.3 is 5.32 Å². The van der Waals surface area contributed by atoms with Crippen LogP contribution in [-0.2, 0) is 0 Å². The largest absolute Gasteiger partial charge is 0.348 e. The van der Waals surface area contributed by atoms with Gasteiger partial charge in [-0.05, 0) is 36.6 Å². The molecule has 1 saturated carbocycles. The molecule has 2 radical (unpaired) electrons. The van der Waals surface area contributed by atoms with Crippen LogP contribution in [0.25, 0.3) is 11.3 Å². The summed E-state index contributed by atoms with van der Waals surface area (Å²) in [4.78, 5) is 11.8. The van der Waals surface area contributed by atoms with Gasteiger partial charge in [-0.1, -0.05) is 11.5 Å². The number of carbonyl (C=O) groups excluding carboxylic acids is 1. The maximum atomic E-state index is 13.0. The highest BCUT2D eigenvalue weighted by Crippen LogP contribution is 2.20. The van der Waals surface area contributed by atoms with Crippen molar-refractivity contribution in [3.8, 4) is 11.3 Å². The number of rotatable bonds is 3. The lowest BCUT2D eigenvalue weighted by Gasteiger charge is -2.02. The summed E-state index contributed by atoms with van der Waals surface area (Å²) < 4.78 is 13.0. The third kappa shape index (κ3) is 2.52. The van der Waals surface area contributed by atoms with Crippen LogP contribution in [0.3, 0.4) is 0 Å². The monoisotopic (exact) mass is 255 g/mol. The van der Waals surface area contributed by atoms with Crippen LogP contribution in [0.15, 0.2) is 24.3 Å². The molecule has 1 heterocycles. The van der Waals surface area contributed by atoms with E-state index in [2.05, 4.69) is 15.5 Å². The zero-order chi connectivity index (χ0) is 13.4. The third-order valence-corrected chi connectivity index (χ3v) is 3.02. The first-order chi connectivity index (χ1) is 9.13. The van der Waals surface area contributed by atoms with Gasteiger partial charge in [0.2, 0.25) is 0 Å². The van der Waals surface area contributed by atoms with Gasteiger partial charge >= 0.3 is 0 Å². The van der Waals surface area contributed by atoms with E-state index < -0.39 is 5.82 Å². The van der Waals surface area contributed by atoms with Crippen LogP contribution in [0, 0.1) is 5.82 Å². The molecule has 1 amide bonds. The van der Waals surface area contributed by atoms with Crippen molar-refractivity contribution in [1.82, 2.24) is 15.5 Å². The fraction of sp³-hybridized carbons (Fsp3) is 0.231. The SMILES string of the molecule is [B]c1cc(F)ccc1-c1cc(C(=O)NC2CC2)[nH]n1. The molecule has 1 fully saturated rings. The van der Waals surface area contributed by atoms with Gasteiger partial charge in [-0.2, -0.15) is 5.10 Å². The van der Waals surface area contributed by atoms with E-state index >= 15 is 0 Å². The number of hydrogen-bond acceptors (Lipinski definition) is 2. The van der Waals surface area contributed by atoms with Crippen molar-refractivity contribution in [3.63, 3.8) is 0 Å². The summed E-state index contributed by atoms with van der Waals surface area (Å²) in [5, 5.41) is 9.56. The number of nitrogens with one attached hydrogen (secondary N) is 2. The van der Waals surface area contributed by atoms with Crippen LogP contribution in [0.1, 0.15) is 23.3 Å². The first kappa shape index (κ1) is 12.0. The molecule has 6 heteroatoms. The minimum Gasteiger partial charge on any atom is -0.348 e. The van der Waals surface area contributed by atoms with Crippen molar-refractivity contribution in [2.45, 2.75) is 18.9 Å². The maximum absolute atomic E-state index is 13.0. The van der Waals surface area contributed by atoms with E-state index in [-0.39, 0.29) is 11.9 Å². The molecule has 4 nitrogen and oxygen atoms in total. The molecule has 94 valence electrons. The minimum atomic E-state index is -0.400. The number of nitrogens with zero attached hydrogens (tertiary/aromatic N) is 1. The van der Waals surface area contributed by atoms with Gasteiger partial charge in [0.1, 0.15) is 19.4 Å². The maximum Gasteiger partial charge on any atom is 0.269 e. The minimum absolute atomic E-state index is 0.179. The molecule has 3 rings (SSSR count). The Kier molecular flexibility index (Phi) is 2.85.